The zero-order chi connectivity index (χ0) is 12.8. The molecule has 0 aromatic heterocycles. The van der Waals surface area contributed by atoms with Gasteiger partial charge < -0.3 is 11.1 Å². The van der Waals surface area contributed by atoms with E-state index in [1.165, 1.54) is 22.3 Å². The predicted molar refractivity (Wildman–Crippen MR) is 75.2 cm³/mol. The van der Waals surface area contributed by atoms with Gasteiger partial charge in [0.25, 0.3) is 0 Å². The predicted octanol–water partition coefficient (Wildman–Crippen LogP) is 2.83. The lowest BCUT2D eigenvalue weighted by Gasteiger charge is -2.12. The van der Waals surface area contributed by atoms with E-state index in [1.807, 2.05) is 0 Å². The monoisotopic (exact) mass is 234 g/mol. The van der Waals surface area contributed by atoms with Crippen LogP contribution in [-0.4, -0.2) is 12.6 Å². The lowest BCUT2D eigenvalue weighted by Crippen LogP contribution is -2.20. The quantitative estimate of drug-likeness (QED) is 0.743. The number of nitrogens with one attached hydrogen (secondary N) is 1. The molecule has 1 aromatic carbocycles. The summed E-state index contributed by atoms with van der Waals surface area (Å²) in [5.41, 5.74) is 11.3. The van der Waals surface area contributed by atoms with Crippen molar-refractivity contribution in [2.45, 2.75) is 53.1 Å². The fourth-order valence-corrected chi connectivity index (χ4v) is 1.98. The molecule has 1 unspecified atom stereocenters. The number of benzene rings is 1. The van der Waals surface area contributed by atoms with Crippen molar-refractivity contribution in [2.75, 3.05) is 6.54 Å². The summed E-state index contributed by atoms with van der Waals surface area (Å²) >= 11 is 0. The highest BCUT2D eigenvalue weighted by Gasteiger charge is 2.03. The molecule has 0 saturated carbocycles. The molecular formula is C15H26N2. The van der Waals surface area contributed by atoms with E-state index in [2.05, 4.69) is 45.1 Å². The van der Waals surface area contributed by atoms with Gasteiger partial charge in [-0.1, -0.05) is 12.1 Å². The Morgan fingerprint density at radius 2 is 1.88 bits per heavy atom. The highest BCUT2D eigenvalue weighted by molar-refractivity contribution is 5.38. The molecule has 17 heavy (non-hydrogen) atoms. The minimum atomic E-state index is 0.320. The van der Waals surface area contributed by atoms with Gasteiger partial charge >= 0.3 is 0 Å². The summed E-state index contributed by atoms with van der Waals surface area (Å²) in [5, 5.41) is 3.49. The maximum atomic E-state index is 5.72. The summed E-state index contributed by atoms with van der Waals surface area (Å²) in [7, 11) is 0. The standard InChI is InChI=1S/C15H26N2/c1-11-7-8-15(14(4)13(11)3)10-17-9-5-6-12(2)16/h7-8,12,17H,5-6,9-10,16H2,1-4H3. The van der Waals surface area contributed by atoms with Crippen LogP contribution in [0.3, 0.4) is 0 Å². The fraction of sp³-hybridized carbons (Fsp3) is 0.600. The van der Waals surface area contributed by atoms with Crippen molar-refractivity contribution in [3.05, 3.63) is 34.4 Å². The van der Waals surface area contributed by atoms with E-state index in [-0.39, 0.29) is 0 Å². The second-order valence-corrected chi connectivity index (χ2v) is 5.09. The summed E-state index contributed by atoms with van der Waals surface area (Å²) < 4.78 is 0. The van der Waals surface area contributed by atoms with Crippen LogP contribution >= 0.6 is 0 Å². The van der Waals surface area contributed by atoms with Gasteiger partial charge in [0, 0.05) is 12.6 Å². The molecule has 0 amide bonds. The van der Waals surface area contributed by atoms with Crippen molar-refractivity contribution in [1.82, 2.24) is 5.32 Å². The van der Waals surface area contributed by atoms with Gasteiger partial charge in [0.1, 0.15) is 0 Å². The van der Waals surface area contributed by atoms with Crippen LogP contribution in [0.5, 0.6) is 0 Å². The first-order chi connectivity index (χ1) is 8.02. The lowest BCUT2D eigenvalue weighted by atomic mass is 9.99. The molecule has 0 aliphatic rings. The molecule has 0 aliphatic carbocycles. The van der Waals surface area contributed by atoms with Gasteiger partial charge in [0.15, 0.2) is 0 Å². The molecule has 0 saturated heterocycles. The Morgan fingerprint density at radius 1 is 1.18 bits per heavy atom. The Balaban J connectivity index is 2.40. The van der Waals surface area contributed by atoms with E-state index < -0.39 is 0 Å². The molecule has 0 bridgehead atoms. The van der Waals surface area contributed by atoms with Crippen LogP contribution in [0, 0.1) is 20.8 Å². The zero-order valence-electron chi connectivity index (χ0n) is 11.6. The number of nitrogens with two attached hydrogens (primary N) is 1. The van der Waals surface area contributed by atoms with E-state index >= 15 is 0 Å². The number of aryl methyl sites for hydroxylation is 1. The summed E-state index contributed by atoms with van der Waals surface area (Å²) in [6, 6.07) is 4.76. The average molecular weight is 234 g/mol. The largest absolute Gasteiger partial charge is 0.328 e. The smallest absolute Gasteiger partial charge is 0.0208 e. The minimum Gasteiger partial charge on any atom is -0.328 e. The summed E-state index contributed by atoms with van der Waals surface area (Å²) in [5.74, 6) is 0. The van der Waals surface area contributed by atoms with Crippen molar-refractivity contribution in [3.8, 4) is 0 Å². The zero-order valence-corrected chi connectivity index (χ0v) is 11.6. The van der Waals surface area contributed by atoms with Gasteiger partial charge in [-0.2, -0.15) is 0 Å². The van der Waals surface area contributed by atoms with E-state index in [1.54, 1.807) is 0 Å². The first-order valence-corrected chi connectivity index (χ1v) is 6.54. The molecule has 2 heteroatoms. The van der Waals surface area contributed by atoms with Crippen LogP contribution in [-0.2, 0) is 6.54 Å². The Kier molecular flexibility index (Phi) is 5.66. The van der Waals surface area contributed by atoms with Crippen molar-refractivity contribution in [2.24, 2.45) is 5.73 Å². The summed E-state index contributed by atoms with van der Waals surface area (Å²) in [6.07, 6.45) is 2.25. The molecular weight excluding hydrogens is 208 g/mol. The van der Waals surface area contributed by atoms with Crippen LogP contribution in [0.25, 0.3) is 0 Å². The first kappa shape index (κ1) is 14.2. The highest BCUT2D eigenvalue weighted by atomic mass is 14.8. The van der Waals surface area contributed by atoms with Crippen LogP contribution in [0.15, 0.2) is 12.1 Å². The second kappa shape index (κ2) is 6.77. The highest BCUT2D eigenvalue weighted by Crippen LogP contribution is 2.16. The van der Waals surface area contributed by atoms with Gasteiger partial charge in [-0.05, 0) is 69.3 Å². The Bertz CT molecular complexity index is 356. The first-order valence-electron chi connectivity index (χ1n) is 6.54. The third-order valence-electron chi connectivity index (χ3n) is 3.50. The number of hydrogen-bond acceptors (Lipinski definition) is 2. The molecule has 96 valence electrons. The molecule has 1 aromatic rings. The third kappa shape index (κ3) is 4.49. The minimum absolute atomic E-state index is 0.320. The van der Waals surface area contributed by atoms with Crippen molar-refractivity contribution < 1.29 is 0 Å². The van der Waals surface area contributed by atoms with Gasteiger partial charge in [-0.15, -0.1) is 0 Å². The SMILES string of the molecule is Cc1ccc(CNCCCC(C)N)c(C)c1C. The van der Waals surface area contributed by atoms with E-state index in [0.29, 0.717) is 6.04 Å². The van der Waals surface area contributed by atoms with Gasteiger partial charge in [-0.25, -0.2) is 0 Å². The van der Waals surface area contributed by atoms with E-state index in [9.17, 15) is 0 Å². The van der Waals surface area contributed by atoms with Gasteiger partial charge in [0.2, 0.25) is 0 Å². The maximum Gasteiger partial charge on any atom is 0.0208 e. The Labute approximate surface area is 106 Å². The maximum absolute atomic E-state index is 5.72. The molecule has 1 atom stereocenters. The molecule has 1 rings (SSSR count). The number of hydrogen-bond donors (Lipinski definition) is 2. The van der Waals surface area contributed by atoms with Crippen molar-refractivity contribution in [3.63, 3.8) is 0 Å². The topological polar surface area (TPSA) is 38.0 Å². The van der Waals surface area contributed by atoms with E-state index in [0.717, 1.165) is 25.9 Å². The third-order valence-corrected chi connectivity index (χ3v) is 3.50. The normalized spacial score (nSPS) is 12.8. The molecule has 0 heterocycles. The summed E-state index contributed by atoms with van der Waals surface area (Å²) in [4.78, 5) is 0. The van der Waals surface area contributed by atoms with Crippen molar-refractivity contribution in [1.29, 1.82) is 0 Å². The fourth-order valence-electron chi connectivity index (χ4n) is 1.98. The Hall–Kier alpha value is -0.860. The molecule has 0 aliphatic heterocycles. The summed E-state index contributed by atoms with van der Waals surface area (Å²) in [6.45, 7) is 10.7. The van der Waals surface area contributed by atoms with Crippen LogP contribution in [0.1, 0.15) is 42.0 Å². The molecule has 2 nitrogen and oxygen atoms in total. The van der Waals surface area contributed by atoms with Crippen molar-refractivity contribution >= 4 is 0 Å². The van der Waals surface area contributed by atoms with Gasteiger partial charge in [0.05, 0.1) is 0 Å². The van der Waals surface area contributed by atoms with Crippen LogP contribution < -0.4 is 11.1 Å². The molecule has 3 N–H and O–H groups in total. The molecule has 0 spiro atoms. The average Bonchev–Trinajstić information content (AvgIpc) is 2.28. The van der Waals surface area contributed by atoms with Crippen LogP contribution in [0.4, 0.5) is 0 Å². The van der Waals surface area contributed by atoms with Crippen LogP contribution in [0.2, 0.25) is 0 Å². The van der Waals surface area contributed by atoms with Gasteiger partial charge in [-0.3, -0.25) is 0 Å². The number of rotatable bonds is 6. The van der Waals surface area contributed by atoms with E-state index in [4.69, 9.17) is 5.73 Å². The molecule has 0 fully saturated rings. The molecule has 0 radical (unpaired) electrons. The Morgan fingerprint density at radius 3 is 2.53 bits per heavy atom. The lowest BCUT2D eigenvalue weighted by molar-refractivity contribution is 0.574. The second-order valence-electron chi connectivity index (χ2n) is 5.09.